The number of hydrogen-bond donors (Lipinski definition) is 2. The Kier molecular flexibility index (Phi) is 8.19. The summed E-state index contributed by atoms with van der Waals surface area (Å²) in [6.07, 6.45) is 5.92. The molecule has 0 bridgehead atoms. The van der Waals surface area contributed by atoms with Crippen molar-refractivity contribution >= 4 is 15.9 Å². The van der Waals surface area contributed by atoms with Gasteiger partial charge in [-0.1, -0.05) is 32.6 Å². The lowest BCUT2D eigenvalue weighted by atomic mass is 10.1. The maximum atomic E-state index is 11.2. The van der Waals surface area contributed by atoms with E-state index in [0.717, 1.165) is 19.3 Å². The molecule has 0 saturated carbocycles. The summed E-state index contributed by atoms with van der Waals surface area (Å²) in [5.74, 6) is -0.297. The largest absolute Gasteiger partial charge is 0.355 e. The number of sulfonamides is 1. The van der Waals surface area contributed by atoms with Crippen LogP contribution in [0.1, 0.15) is 45.4 Å². The summed E-state index contributed by atoms with van der Waals surface area (Å²) in [7, 11) is -3.47. The summed E-state index contributed by atoms with van der Waals surface area (Å²) in [6.45, 7) is 2.24. The average molecular weight is 250 g/mol. The molecule has 0 spiro atoms. The standard InChI is InChI=1S/C10H22N2O3S/c1-2-3-4-5-6-7-10(13)12-8-9-16(11,14)15/h2-9H2,1H3,(H,12,13)(H2,11,14,15). The summed E-state index contributed by atoms with van der Waals surface area (Å²) >= 11 is 0. The molecule has 0 aromatic carbocycles. The number of primary sulfonamides is 1. The van der Waals surface area contributed by atoms with Gasteiger partial charge in [0, 0.05) is 13.0 Å². The zero-order chi connectivity index (χ0) is 12.4. The summed E-state index contributed by atoms with van der Waals surface area (Å²) in [6, 6.07) is 0. The van der Waals surface area contributed by atoms with Gasteiger partial charge in [0.2, 0.25) is 15.9 Å². The van der Waals surface area contributed by atoms with Gasteiger partial charge < -0.3 is 5.32 Å². The number of amides is 1. The molecule has 5 nitrogen and oxygen atoms in total. The van der Waals surface area contributed by atoms with E-state index in [0.29, 0.717) is 6.42 Å². The monoisotopic (exact) mass is 250 g/mol. The van der Waals surface area contributed by atoms with E-state index in [1.54, 1.807) is 0 Å². The van der Waals surface area contributed by atoms with Crippen molar-refractivity contribution in [3.8, 4) is 0 Å². The Morgan fingerprint density at radius 3 is 2.38 bits per heavy atom. The van der Waals surface area contributed by atoms with Crippen LogP contribution in [0.15, 0.2) is 0 Å². The van der Waals surface area contributed by atoms with Gasteiger partial charge >= 0.3 is 0 Å². The highest BCUT2D eigenvalue weighted by Gasteiger charge is 2.04. The number of carbonyl (C=O) groups excluding carboxylic acids is 1. The van der Waals surface area contributed by atoms with Crippen LogP contribution in [0.2, 0.25) is 0 Å². The Bertz CT molecular complexity index is 288. The Morgan fingerprint density at radius 1 is 1.19 bits per heavy atom. The molecule has 0 radical (unpaired) electrons. The predicted octanol–water partition coefficient (Wildman–Crippen LogP) is 0.752. The smallest absolute Gasteiger partial charge is 0.220 e. The summed E-state index contributed by atoms with van der Waals surface area (Å²) in [5, 5.41) is 7.33. The molecule has 0 aliphatic carbocycles. The van der Waals surface area contributed by atoms with E-state index < -0.39 is 10.0 Å². The molecule has 3 N–H and O–H groups in total. The van der Waals surface area contributed by atoms with Crippen molar-refractivity contribution < 1.29 is 13.2 Å². The number of unbranched alkanes of at least 4 members (excludes halogenated alkanes) is 4. The van der Waals surface area contributed by atoms with Crippen LogP contribution in [0.3, 0.4) is 0 Å². The van der Waals surface area contributed by atoms with Gasteiger partial charge in [-0.2, -0.15) is 0 Å². The van der Waals surface area contributed by atoms with Crippen molar-refractivity contribution in [2.45, 2.75) is 45.4 Å². The summed E-state index contributed by atoms with van der Waals surface area (Å²) in [4.78, 5) is 11.2. The molecule has 0 aromatic heterocycles. The van der Waals surface area contributed by atoms with Crippen molar-refractivity contribution in [3.63, 3.8) is 0 Å². The number of hydrogen-bond acceptors (Lipinski definition) is 3. The van der Waals surface area contributed by atoms with Gasteiger partial charge in [0.1, 0.15) is 0 Å². The molecule has 16 heavy (non-hydrogen) atoms. The van der Waals surface area contributed by atoms with E-state index in [1.807, 2.05) is 0 Å². The van der Waals surface area contributed by atoms with Gasteiger partial charge in [0.05, 0.1) is 5.75 Å². The Labute approximate surface area is 97.8 Å². The lowest BCUT2D eigenvalue weighted by molar-refractivity contribution is -0.121. The molecule has 96 valence electrons. The van der Waals surface area contributed by atoms with Crippen LogP contribution in [0, 0.1) is 0 Å². The van der Waals surface area contributed by atoms with Crippen LogP contribution in [0.25, 0.3) is 0 Å². The number of carbonyl (C=O) groups is 1. The summed E-state index contributed by atoms with van der Waals surface area (Å²) in [5.41, 5.74) is 0. The fourth-order valence-corrected chi connectivity index (χ4v) is 1.70. The molecule has 1 amide bonds. The first kappa shape index (κ1) is 15.4. The van der Waals surface area contributed by atoms with Gasteiger partial charge in [0.15, 0.2) is 0 Å². The van der Waals surface area contributed by atoms with Crippen LogP contribution < -0.4 is 10.5 Å². The molecular weight excluding hydrogens is 228 g/mol. The molecule has 0 heterocycles. The van der Waals surface area contributed by atoms with Gasteiger partial charge in [-0.15, -0.1) is 0 Å². The quantitative estimate of drug-likeness (QED) is 0.592. The minimum absolute atomic E-state index is 0.0971. The Morgan fingerprint density at radius 2 is 1.81 bits per heavy atom. The minimum Gasteiger partial charge on any atom is -0.355 e. The van der Waals surface area contributed by atoms with Gasteiger partial charge in [-0.3, -0.25) is 4.79 Å². The molecule has 0 aliphatic heterocycles. The molecular formula is C10H22N2O3S. The first-order valence-corrected chi connectivity index (χ1v) is 7.44. The second-order valence-electron chi connectivity index (χ2n) is 3.88. The van der Waals surface area contributed by atoms with Crippen LogP contribution >= 0.6 is 0 Å². The van der Waals surface area contributed by atoms with E-state index in [1.165, 1.54) is 12.8 Å². The first-order chi connectivity index (χ1) is 7.45. The van der Waals surface area contributed by atoms with Crippen molar-refractivity contribution in [1.82, 2.24) is 5.32 Å². The highest BCUT2D eigenvalue weighted by Crippen LogP contribution is 2.04. The van der Waals surface area contributed by atoms with E-state index in [4.69, 9.17) is 5.14 Å². The van der Waals surface area contributed by atoms with Gasteiger partial charge in [0.25, 0.3) is 0 Å². The molecule has 0 atom stereocenters. The van der Waals surface area contributed by atoms with E-state index in [-0.39, 0.29) is 18.2 Å². The van der Waals surface area contributed by atoms with Gasteiger partial charge in [-0.05, 0) is 6.42 Å². The maximum absolute atomic E-state index is 11.2. The highest BCUT2D eigenvalue weighted by atomic mass is 32.2. The molecule has 0 fully saturated rings. The number of nitrogens with two attached hydrogens (primary N) is 1. The normalized spacial score (nSPS) is 11.4. The second kappa shape index (κ2) is 8.52. The summed E-state index contributed by atoms with van der Waals surface area (Å²) < 4.78 is 21.1. The Hall–Kier alpha value is -0.620. The van der Waals surface area contributed by atoms with Crippen molar-refractivity contribution in [3.05, 3.63) is 0 Å². The van der Waals surface area contributed by atoms with Crippen LogP contribution in [0.4, 0.5) is 0 Å². The number of rotatable bonds is 9. The van der Waals surface area contributed by atoms with Crippen molar-refractivity contribution in [2.75, 3.05) is 12.3 Å². The lowest BCUT2D eigenvalue weighted by Crippen LogP contribution is -2.31. The molecule has 0 rings (SSSR count). The number of nitrogens with one attached hydrogen (secondary N) is 1. The molecule has 0 aliphatic rings. The van der Waals surface area contributed by atoms with E-state index in [9.17, 15) is 13.2 Å². The lowest BCUT2D eigenvalue weighted by Gasteiger charge is -2.03. The predicted molar refractivity (Wildman–Crippen MR) is 64.4 cm³/mol. The Balaban J connectivity index is 3.38. The zero-order valence-electron chi connectivity index (χ0n) is 9.87. The van der Waals surface area contributed by atoms with Crippen molar-refractivity contribution in [1.29, 1.82) is 0 Å². The van der Waals surface area contributed by atoms with E-state index in [2.05, 4.69) is 12.2 Å². The van der Waals surface area contributed by atoms with Crippen LogP contribution in [-0.2, 0) is 14.8 Å². The first-order valence-electron chi connectivity index (χ1n) is 5.73. The molecule has 0 aromatic rings. The average Bonchev–Trinajstić information content (AvgIpc) is 2.15. The SMILES string of the molecule is CCCCCCCC(=O)NCCS(N)(=O)=O. The third kappa shape index (κ3) is 11.5. The maximum Gasteiger partial charge on any atom is 0.220 e. The fraction of sp³-hybridized carbons (Fsp3) is 0.900. The molecule has 6 heteroatoms. The molecule has 0 unspecified atom stereocenters. The third-order valence-electron chi connectivity index (χ3n) is 2.22. The highest BCUT2D eigenvalue weighted by molar-refractivity contribution is 7.89. The minimum atomic E-state index is -3.47. The third-order valence-corrected chi connectivity index (χ3v) is 2.99. The van der Waals surface area contributed by atoms with E-state index >= 15 is 0 Å². The zero-order valence-corrected chi connectivity index (χ0v) is 10.7. The van der Waals surface area contributed by atoms with Gasteiger partial charge in [-0.25, -0.2) is 13.6 Å². The second-order valence-corrected chi connectivity index (χ2v) is 5.62. The fourth-order valence-electron chi connectivity index (χ4n) is 1.31. The topological polar surface area (TPSA) is 89.3 Å². The van der Waals surface area contributed by atoms with Crippen LogP contribution in [-0.4, -0.2) is 26.6 Å². The molecule has 0 saturated heterocycles. The van der Waals surface area contributed by atoms with Crippen molar-refractivity contribution in [2.24, 2.45) is 5.14 Å². The van der Waals surface area contributed by atoms with Crippen LogP contribution in [0.5, 0.6) is 0 Å².